The van der Waals surface area contributed by atoms with Gasteiger partial charge in [-0.15, -0.1) is 0 Å². The maximum Gasteiger partial charge on any atom is 0.216 e. The van der Waals surface area contributed by atoms with Gasteiger partial charge in [0.05, 0.1) is 11.6 Å². The Morgan fingerprint density at radius 2 is 1.93 bits per heavy atom. The molecule has 0 bridgehead atoms. The summed E-state index contributed by atoms with van der Waals surface area (Å²) in [6.45, 7) is 6.39. The fourth-order valence-electron chi connectivity index (χ4n) is 2.00. The maximum absolute atomic E-state index is 5.76. The molecule has 0 N–H and O–H groups in total. The van der Waals surface area contributed by atoms with E-state index in [0.717, 1.165) is 17.9 Å². The van der Waals surface area contributed by atoms with Crippen molar-refractivity contribution >= 4 is 5.90 Å². The Hall–Kier alpha value is -1.31. The number of hydrogen-bond donors (Lipinski definition) is 0. The lowest BCUT2D eigenvalue weighted by molar-refractivity contribution is 0.146. The van der Waals surface area contributed by atoms with Crippen LogP contribution in [-0.2, 0) is 4.74 Å². The third-order valence-corrected chi connectivity index (χ3v) is 2.52. The van der Waals surface area contributed by atoms with Crippen LogP contribution >= 0.6 is 0 Å². The van der Waals surface area contributed by atoms with Gasteiger partial charge in [-0.25, -0.2) is 4.99 Å². The lowest BCUT2D eigenvalue weighted by atomic mass is 9.96. The van der Waals surface area contributed by atoms with E-state index in [4.69, 9.17) is 4.74 Å². The van der Waals surface area contributed by atoms with E-state index in [1.165, 1.54) is 0 Å². The first-order chi connectivity index (χ1) is 7.07. The summed E-state index contributed by atoms with van der Waals surface area (Å²) in [5.74, 6) is 0.777. The van der Waals surface area contributed by atoms with Crippen molar-refractivity contribution in [1.29, 1.82) is 0 Å². The van der Waals surface area contributed by atoms with E-state index in [0.29, 0.717) is 0 Å². The number of benzene rings is 1. The molecule has 0 amide bonds. The summed E-state index contributed by atoms with van der Waals surface area (Å²) < 4.78 is 5.76. The highest BCUT2D eigenvalue weighted by Gasteiger charge is 2.28. The van der Waals surface area contributed by atoms with Gasteiger partial charge in [0.2, 0.25) is 5.90 Å². The van der Waals surface area contributed by atoms with Gasteiger partial charge in [-0.3, -0.25) is 0 Å². The fraction of sp³-hybridized carbons (Fsp3) is 0.462. The minimum absolute atomic E-state index is 0.0111. The van der Waals surface area contributed by atoms with Gasteiger partial charge in [-0.1, -0.05) is 18.2 Å². The number of hydrogen-bond acceptors (Lipinski definition) is 2. The highest BCUT2D eigenvalue weighted by Crippen LogP contribution is 2.25. The second-order valence-corrected chi connectivity index (χ2v) is 4.73. The van der Waals surface area contributed by atoms with Crippen LogP contribution in [0.25, 0.3) is 0 Å². The van der Waals surface area contributed by atoms with Gasteiger partial charge < -0.3 is 4.74 Å². The Kier molecular flexibility index (Phi) is 2.51. The molecule has 1 atom stereocenters. The van der Waals surface area contributed by atoms with Crippen molar-refractivity contribution < 1.29 is 4.74 Å². The molecule has 2 nitrogen and oxygen atoms in total. The molecule has 0 aliphatic carbocycles. The molecule has 1 aliphatic heterocycles. The molecule has 15 heavy (non-hydrogen) atoms. The standard InChI is InChI=1S/C13H17NO/c1-10-9-13(2,3)14-12(15-10)11-7-5-4-6-8-11/h4-8,10H,9H2,1-3H3/t10-/m0/s1. The first kappa shape index (κ1) is 10.2. The zero-order chi connectivity index (χ0) is 10.9. The van der Waals surface area contributed by atoms with Crippen LogP contribution in [0.4, 0.5) is 0 Å². The highest BCUT2D eigenvalue weighted by atomic mass is 16.5. The van der Waals surface area contributed by atoms with Gasteiger partial charge in [0.25, 0.3) is 0 Å². The van der Waals surface area contributed by atoms with Crippen LogP contribution in [0, 0.1) is 0 Å². The lowest BCUT2D eigenvalue weighted by Crippen LogP contribution is -2.34. The Morgan fingerprint density at radius 1 is 1.27 bits per heavy atom. The molecule has 1 aliphatic rings. The van der Waals surface area contributed by atoms with Gasteiger partial charge in [-0.05, 0) is 32.9 Å². The number of aliphatic imine (C=N–C) groups is 1. The highest BCUT2D eigenvalue weighted by molar-refractivity contribution is 5.94. The van der Waals surface area contributed by atoms with E-state index in [1.807, 2.05) is 30.3 Å². The van der Waals surface area contributed by atoms with Gasteiger partial charge in [0, 0.05) is 12.0 Å². The van der Waals surface area contributed by atoms with Crippen LogP contribution < -0.4 is 0 Å². The van der Waals surface area contributed by atoms with Gasteiger partial charge in [-0.2, -0.15) is 0 Å². The molecule has 0 unspecified atom stereocenters. The molecule has 2 rings (SSSR count). The minimum Gasteiger partial charge on any atom is -0.474 e. The van der Waals surface area contributed by atoms with Crippen molar-refractivity contribution in [3.63, 3.8) is 0 Å². The van der Waals surface area contributed by atoms with E-state index < -0.39 is 0 Å². The van der Waals surface area contributed by atoms with Crippen molar-refractivity contribution in [1.82, 2.24) is 0 Å². The second kappa shape index (κ2) is 3.69. The molecule has 1 aromatic rings. The first-order valence-corrected chi connectivity index (χ1v) is 5.39. The Bertz CT molecular complexity index is 367. The lowest BCUT2D eigenvalue weighted by Gasteiger charge is -2.31. The summed E-state index contributed by atoms with van der Waals surface area (Å²) in [5.41, 5.74) is 1.06. The summed E-state index contributed by atoms with van der Waals surface area (Å²) in [4.78, 5) is 4.63. The largest absolute Gasteiger partial charge is 0.474 e. The fourth-order valence-corrected chi connectivity index (χ4v) is 2.00. The van der Waals surface area contributed by atoms with E-state index in [9.17, 15) is 0 Å². The van der Waals surface area contributed by atoms with Crippen LogP contribution in [0.1, 0.15) is 32.8 Å². The van der Waals surface area contributed by atoms with Crippen LogP contribution in [-0.4, -0.2) is 17.5 Å². The van der Waals surface area contributed by atoms with Crippen molar-refractivity contribution in [2.45, 2.75) is 38.8 Å². The van der Waals surface area contributed by atoms with E-state index >= 15 is 0 Å². The quantitative estimate of drug-likeness (QED) is 0.687. The smallest absolute Gasteiger partial charge is 0.216 e. The Balaban J connectivity index is 2.34. The zero-order valence-corrected chi connectivity index (χ0v) is 9.53. The summed E-state index contributed by atoms with van der Waals surface area (Å²) in [6.07, 6.45) is 1.22. The van der Waals surface area contributed by atoms with Crippen molar-refractivity contribution in [3.8, 4) is 0 Å². The average Bonchev–Trinajstić information content (AvgIpc) is 2.16. The van der Waals surface area contributed by atoms with Crippen molar-refractivity contribution in [3.05, 3.63) is 35.9 Å². The molecule has 0 spiro atoms. The maximum atomic E-state index is 5.76. The predicted molar refractivity (Wildman–Crippen MR) is 62.2 cm³/mol. The van der Waals surface area contributed by atoms with Crippen LogP contribution in [0.15, 0.2) is 35.3 Å². The van der Waals surface area contributed by atoms with Crippen molar-refractivity contribution in [2.24, 2.45) is 4.99 Å². The molecule has 0 saturated carbocycles. The average molecular weight is 203 g/mol. The monoisotopic (exact) mass is 203 g/mol. The van der Waals surface area contributed by atoms with Gasteiger partial charge in [0.15, 0.2) is 0 Å². The summed E-state index contributed by atoms with van der Waals surface area (Å²) in [5, 5.41) is 0. The molecular weight excluding hydrogens is 186 g/mol. The van der Waals surface area contributed by atoms with E-state index in [2.05, 4.69) is 25.8 Å². The minimum atomic E-state index is -0.0111. The molecule has 0 fully saturated rings. The molecule has 2 heteroatoms. The summed E-state index contributed by atoms with van der Waals surface area (Å²) >= 11 is 0. The topological polar surface area (TPSA) is 21.6 Å². The first-order valence-electron chi connectivity index (χ1n) is 5.39. The normalized spacial score (nSPS) is 24.2. The summed E-state index contributed by atoms with van der Waals surface area (Å²) in [7, 11) is 0. The molecule has 1 aromatic carbocycles. The van der Waals surface area contributed by atoms with Crippen LogP contribution in [0.3, 0.4) is 0 Å². The predicted octanol–water partition coefficient (Wildman–Crippen LogP) is 3.02. The molecule has 80 valence electrons. The number of nitrogens with zero attached hydrogens (tertiary/aromatic N) is 1. The SMILES string of the molecule is C[C@H]1CC(C)(C)N=C(c2ccccc2)O1. The molecule has 0 saturated heterocycles. The van der Waals surface area contributed by atoms with Gasteiger partial charge >= 0.3 is 0 Å². The van der Waals surface area contributed by atoms with Gasteiger partial charge in [0.1, 0.15) is 0 Å². The molecule has 0 aromatic heterocycles. The second-order valence-electron chi connectivity index (χ2n) is 4.73. The molecular formula is C13H17NO. The van der Waals surface area contributed by atoms with Crippen molar-refractivity contribution in [2.75, 3.05) is 0 Å². The Morgan fingerprint density at radius 3 is 2.53 bits per heavy atom. The third kappa shape index (κ3) is 2.38. The van der Waals surface area contributed by atoms with Crippen LogP contribution in [0.5, 0.6) is 0 Å². The van der Waals surface area contributed by atoms with E-state index in [-0.39, 0.29) is 11.6 Å². The Labute approximate surface area is 91.0 Å². The zero-order valence-electron chi connectivity index (χ0n) is 9.53. The third-order valence-electron chi connectivity index (χ3n) is 2.52. The van der Waals surface area contributed by atoms with Crippen LogP contribution in [0.2, 0.25) is 0 Å². The summed E-state index contributed by atoms with van der Waals surface area (Å²) in [6, 6.07) is 10.1. The van der Waals surface area contributed by atoms with E-state index in [1.54, 1.807) is 0 Å². The molecule has 0 radical (unpaired) electrons. The number of rotatable bonds is 1. The number of ether oxygens (including phenoxy) is 1. The molecule has 1 heterocycles.